The summed E-state index contributed by atoms with van der Waals surface area (Å²) >= 11 is 5.99. The highest BCUT2D eigenvalue weighted by atomic mass is 35.5. The molecule has 0 aromatic heterocycles. The number of hydrogen-bond donors (Lipinski definition) is 0. The number of nitrogens with zero attached hydrogens (tertiary/aromatic N) is 2. The molecule has 0 radical (unpaired) electrons. The Morgan fingerprint density at radius 3 is 2.24 bits per heavy atom. The molecule has 0 spiro atoms. The topological polar surface area (TPSA) is 68.3 Å². The van der Waals surface area contributed by atoms with Gasteiger partial charge in [0.15, 0.2) is 6.10 Å². The van der Waals surface area contributed by atoms with Crippen LogP contribution < -0.4 is 19.4 Å². The fourth-order valence-electron chi connectivity index (χ4n) is 4.44. The van der Waals surface area contributed by atoms with Crippen molar-refractivity contribution in [3.63, 3.8) is 0 Å². The number of halogens is 1. The second-order valence-corrected chi connectivity index (χ2v) is 8.19. The van der Waals surface area contributed by atoms with Crippen LogP contribution in [-0.4, -0.2) is 32.1 Å². The summed E-state index contributed by atoms with van der Waals surface area (Å²) in [5, 5.41) is 2.14. The molecular weight excluding hydrogens is 444 g/mol. The van der Waals surface area contributed by atoms with Gasteiger partial charge < -0.3 is 9.47 Å². The van der Waals surface area contributed by atoms with Crippen LogP contribution in [0.1, 0.15) is 11.6 Å². The Kier molecular flexibility index (Phi) is 5.44. The number of hydroxylamine groups is 1. The largest absolute Gasteiger partial charge is 0.497 e. The number of methoxy groups -OCH3 is 2. The van der Waals surface area contributed by atoms with Gasteiger partial charge >= 0.3 is 0 Å². The third kappa shape index (κ3) is 3.50. The van der Waals surface area contributed by atoms with Gasteiger partial charge in [0.05, 0.1) is 25.6 Å². The molecule has 0 bridgehead atoms. The smallest absolute Gasteiger partial charge is 0.266 e. The van der Waals surface area contributed by atoms with E-state index >= 15 is 0 Å². The lowest BCUT2D eigenvalue weighted by Gasteiger charge is -2.29. The number of hydrogen-bond acceptors (Lipinski definition) is 6. The number of amides is 2. The molecule has 3 aromatic carbocycles. The molecule has 0 saturated carbocycles. The molecule has 2 fully saturated rings. The fourth-order valence-corrected chi connectivity index (χ4v) is 4.57. The maximum absolute atomic E-state index is 13.7. The normalized spacial score (nSPS) is 22.0. The first-order valence-electron chi connectivity index (χ1n) is 10.4. The summed E-state index contributed by atoms with van der Waals surface area (Å²) in [6, 6.07) is 20.7. The average Bonchev–Trinajstić information content (AvgIpc) is 3.36. The van der Waals surface area contributed by atoms with Crippen LogP contribution in [0, 0.1) is 5.92 Å². The van der Waals surface area contributed by atoms with Crippen LogP contribution in [0.25, 0.3) is 0 Å². The number of rotatable bonds is 5. The molecule has 168 valence electrons. The number of ether oxygens (including phenoxy) is 2. The monoisotopic (exact) mass is 464 g/mol. The average molecular weight is 465 g/mol. The predicted molar refractivity (Wildman–Crippen MR) is 124 cm³/mol. The summed E-state index contributed by atoms with van der Waals surface area (Å²) < 4.78 is 11.0. The zero-order chi connectivity index (χ0) is 23.1. The number of benzene rings is 3. The minimum atomic E-state index is -0.978. The van der Waals surface area contributed by atoms with E-state index in [0.29, 0.717) is 27.8 Å². The van der Waals surface area contributed by atoms with Crippen LogP contribution in [0.4, 0.5) is 11.4 Å². The summed E-state index contributed by atoms with van der Waals surface area (Å²) in [5.41, 5.74) is 1.86. The first-order chi connectivity index (χ1) is 16.0. The van der Waals surface area contributed by atoms with Gasteiger partial charge in [-0.05, 0) is 54.6 Å². The first-order valence-corrected chi connectivity index (χ1v) is 10.8. The van der Waals surface area contributed by atoms with Crippen molar-refractivity contribution in [3.05, 3.63) is 83.4 Å². The number of fused-ring (bicyclic) bond motifs is 1. The van der Waals surface area contributed by atoms with E-state index in [1.165, 1.54) is 4.90 Å². The van der Waals surface area contributed by atoms with Crippen LogP contribution in [-0.2, 0) is 14.4 Å². The number of anilines is 2. The minimum Gasteiger partial charge on any atom is -0.497 e. The van der Waals surface area contributed by atoms with Crippen molar-refractivity contribution in [1.82, 2.24) is 0 Å². The van der Waals surface area contributed by atoms with E-state index in [1.54, 1.807) is 55.7 Å². The molecule has 3 unspecified atom stereocenters. The SMILES string of the molecule is COc1ccc(OC)c(C2C3C(=O)N(c4ccc(Cl)cc4)C(=O)C3ON2c2ccccc2)c1. The van der Waals surface area contributed by atoms with Crippen molar-refractivity contribution in [2.45, 2.75) is 12.1 Å². The van der Waals surface area contributed by atoms with E-state index in [0.717, 1.165) is 5.69 Å². The van der Waals surface area contributed by atoms with Crippen LogP contribution in [0.5, 0.6) is 11.5 Å². The molecule has 2 aliphatic heterocycles. The van der Waals surface area contributed by atoms with Crippen molar-refractivity contribution in [2.24, 2.45) is 5.92 Å². The Morgan fingerprint density at radius 2 is 1.58 bits per heavy atom. The van der Waals surface area contributed by atoms with E-state index in [9.17, 15) is 9.59 Å². The van der Waals surface area contributed by atoms with Gasteiger partial charge in [-0.2, -0.15) is 0 Å². The van der Waals surface area contributed by atoms with Gasteiger partial charge in [0.2, 0.25) is 5.91 Å². The summed E-state index contributed by atoms with van der Waals surface area (Å²) in [6.07, 6.45) is -0.978. The third-order valence-electron chi connectivity index (χ3n) is 5.97. The highest BCUT2D eigenvalue weighted by molar-refractivity contribution is 6.31. The van der Waals surface area contributed by atoms with Crippen LogP contribution in [0.2, 0.25) is 5.02 Å². The lowest BCUT2D eigenvalue weighted by atomic mass is 9.89. The molecule has 3 aromatic rings. The van der Waals surface area contributed by atoms with Crippen molar-refractivity contribution in [1.29, 1.82) is 0 Å². The van der Waals surface area contributed by atoms with Gasteiger partial charge in [-0.3, -0.25) is 14.4 Å². The Morgan fingerprint density at radius 1 is 0.848 bits per heavy atom. The third-order valence-corrected chi connectivity index (χ3v) is 6.22. The maximum atomic E-state index is 13.7. The van der Waals surface area contributed by atoms with Crippen LogP contribution >= 0.6 is 11.6 Å². The highest BCUT2D eigenvalue weighted by Crippen LogP contribution is 2.50. The van der Waals surface area contributed by atoms with Gasteiger partial charge in [-0.25, -0.2) is 9.96 Å². The first kappa shape index (κ1) is 21.3. The highest BCUT2D eigenvalue weighted by Gasteiger charge is 2.60. The lowest BCUT2D eigenvalue weighted by Crippen LogP contribution is -2.37. The van der Waals surface area contributed by atoms with Crippen molar-refractivity contribution in [2.75, 3.05) is 24.2 Å². The molecule has 2 heterocycles. The van der Waals surface area contributed by atoms with E-state index in [4.69, 9.17) is 25.9 Å². The van der Waals surface area contributed by atoms with Crippen molar-refractivity contribution < 1.29 is 23.9 Å². The molecule has 3 atom stereocenters. The molecular formula is C25H21ClN2O5. The Labute approximate surface area is 196 Å². The Hall–Kier alpha value is -3.55. The molecule has 8 heteroatoms. The lowest BCUT2D eigenvalue weighted by molar-refractivity contribution is -0.126. The summed E-state index contributed by atoms with van der Waals surface area (Å²) in [7, 11) is 3.13. The Bertz CT molecular complexity index is 1200. The molecule has 2 aliphatic rings. The molecule has 33 heavy (non-hydrogen) atoms. The van der Waals surface area contributed by atoms with Gasteiger partial charge in [-0.15, -0.1) is 0 Å². The summed E-state index contributed by atoms with van der Waals surface area (Å²) in [4.78, 5) is 34.4. The minimum absolute atomic E-state index is 0.347. The second kappa shape index (κ2) is 8.42. The zero-order valence-corrected chi connectivity index (χ0v) is 18.7. The molecule has 0 N–H and O–H groups in total. The quantitative estimate of drug-likeness (QED) is 0.521. The summed E-state index contributed by atoms with van der Waals surface area (Å²) in [6.45, 7) is 0. The van der Waals surface area contributed by atoms with Gasteiger partial charge in [0, 0.05) is 10.6 Å². The fraction of sp³-hybridized carbons (Fsp3) is 0.200. The molecule has 7 nitrogen and oxygen atoms in total. The van der Waals surface area contributed by atoms with Crippen molar-refractivity contribution in [3.8, 4) is 11.5 Å². The molecule has 5 rings (SSSR count). The number of carbonyl (C=O) groups excluding carboxylic acids is 2. The van der Waals surface area contributed by atoms with Crippen LogP contribution in [0.15, 0.2) is 72.8 Å². The van der Waals surface area contributed by atoms with Gasteiger partial charge in [0.1, 0.15) is 23.5 Å². The van der Waals surface area contributed by atoms with E-state index < -0.39 is 24.0 Å². The van der Waals surface area contributed by atoms with E-state index in [1.807, 2.05) is 36.4 Å². The molecule has 2 amide bonds. The van der Waals surface area contributed by atoms with E-state index in [-0.39, 0.29) is 5.91 Å². The van der Waals surface area contributed by atoms with Gasteiger partial charge in [-0.1, -0.05) is 29.8 Å². The Balaban J connectivity index is 1.63. The second-order valence-electron chi connectivity index (χ2n) is 7.75. The summed E-state index contributed by atoms with van der Waals surface area (Å²) in [5.74, 6) is -0.377. The molecule has 0 aliphatic carbocycles. The molecule has 2 saturated heterocycles. The van der Waals surface area contributed by atoms with Gasteiger partial charge in [0.25, 0.3) is 5.91 Å². The maximum Gasteiger partial charge on any atom is 0.266 e. The number of para-hydroxylation sites is 1. The standard InChI is InChI=1S/C25H21ClN2O5/c1-31-18-12-13-20(32-2)19(14-18)22-21-23(33-28(22)17-6-4-3-5-7-17)25(30)27(24(21)29)16-10-8-15(26)9-11-16/h3-14,21-23H,1-2H3. The van der Waals surface area contributed by atoms with E-state index in [2.05, 4.69) is 0 Å². The van der Waals surface area contributed by atoms with Crippen LogP contribution in [0.3, 0.4) is 0 Å². The predicted octanol–water partition coefficient (Wildman–Crippen LogP) is 4.41. The number of imide groups is 1. The van der Waals surface area contributed by atoms with Crippen molar-refractivity contribution >= 4 is 34.8 Å². The zero-order valence-electron chi connectivity index (χ0n) is 18.0. The number of carbonyl (C=O) groups is 2.